The second-order valence-electron chi connectivity index (χ2n) is 3.27. The fraction of sp³-hybridized carbons (Fsp3) is 0.333. The second kappa shape index (κ2) is 3.92. The summed E-state index contributed by atoms with van der Waals surface area (Å²) in [5.41, 5.74) is 7.70. The van der Waals surface area contributed by atoms with Gasteiger partial charge in [-0.2, -0.15) is 5.10 Å². The van der Waals surface area contributed by atoms with Crippen LogP contribution in [0.4, 0.5) is 0 Å². The normalized spacial score (nSPS) is 13.1. The van der Waals surface area contributed by atoms with E-state index in [-0.39, 0.29) is 6.04 Å². The largest absolute Gasteiger partial charge is 0.318 e. The minimum atomic E-state index is -0.310. The van der Waals surface area contributed by atoms with Gasteiger partial charge in [-0.05, 0) is 6.92 Å². The van der Waals surface area contributed by atoms with Crippen molar-refractivity contribution in [2.24, 2.45) is 12.8 Å². The summed E-state index contributed by atoms with van der Waals surface area (Å²) in [4.78, 5) is 4.34. The van der Waals surface area contributed by atoms with Crippen molar-refractivity contribution in [2.45, 2.75) is 13.0 Å². The van der Waals surface area contributed by atoms with Crippen LogP contribution in [0.2, 0.25) is 5.02 Å². The van der Waals surface area contributed by atoms with Gasteiger partial charge in [0.15, 0.2) is 0 Å². The van der Waals surface area contributed by atoms with E-state index in [1.54, 1.807) is 22.2 Å². The summed E-state index contributed by atoms with van der Waals surface area (Å²) in [5, 5.41) is 7.58. The number of aryl methyl sites for hydroxylation is 2. The lowest BCUT2D eigenvalue weighted by atomic mass is 10.2. The van der Waals surface area contributed by atoms with Gasteiger partial charge in [-0.3, -0.25) is 4.68 Å². The maximum Gasteiger partial charge on any atom is 0.0920 e. The average molecular weight is 243 g/mol. The fourth-order valence-corrected chi connectivity index (χ4v) is 2.37. The molecule has 0 fully saturated rings. The van der Waals surface area contributed by atoms with Gasteiger partial charge in [0.25, 0.3) is 0 Å². The molecule has 0 aromatic carbocycles. The molecule has 0 spiro atoms. The molecule has 0 radical (unpaired) electrons. The number of nitrogens with two attached hydrogens (primary N) is 1. The van der Waals surface area contributed by atoms with Crippen LogP contribution in [0, 0.1) is 6.92 Å². The molecular formula is C9H11ClN4S. The first-order chi connectivity index (χ1) is 7.09. The van der Waals surface area contributed by atoms with E-state index in [4.69, 9.17) is 17.3 Å². The average Bonchev–Trinajstić information content (AvgIpc) is 2.73. The first kappa shape index (κ1) is 10.6. The smallest absolute Gasteiger partial charge is 0.0920 e. The Bertz CT molecular complexity index is 457. The van der Waals surface area contributed by atoms with Crippen LogP contribution in [-0.2, 0) is 7.05 Å². The Hall–Kier alpha value is -0.910. The molecule has 80 valence electrons. The molecule has 0 bridgehead atoms. The Morgan fingerprint density at radius 3 is 2.80 bits per heavy atom. The summed E-state index contributed by atoms with van der Waals surface area (Å²) in [6.45, 7) is 1.95. The highest BCUT2D eigenvalue weighted by Crippen LogP contribution is 2.26. The molecular weight excluding hydrogens is 232 g/mol. The molecule has 4 nitrogen and oxygen atoms in total. The number of rotatable bonds is 2. The summed E-state index contributed by atoms with van der Waals surface area (Å²) in [7, 11) is 1.82. The molecule has 2 rings (SSSR count). The minimum absolute atomic E-state index is 0.310. The number of nitrogens with zero attached hydrogens (tertiary/aromatic N) is 3. The van der Waals surface area contributed by atoms with E-state index in [1.165, 1.54) is 0 Å². The number of halogens is 1. The molecule has 15 heavy (non-hydrogen) atoms. The van der Waals surface area contributed by atoms with Gasteiger partial charge in [-0.1, -0.05) is 11.6 Å². The molecule has 0 aliphatic rings. The van der Waals surface area contributed by atoms with Gasteiger partial charge < -0.3 is 5.73 Å². The van der Waals surface area contributed by atoms with E-state index in [1.807, 2.05) is 19.4 Å². The molecule has 2 aromatic rings. The predicted octanol–water partition coefficient (Wildman–Crippen LogP) is 1.89. The van der Waals surface area contributed by atoms with Gasteiger partial charge in [-0.25, -0.2) is 4.98 Å². The summed E-state index contributed by atoms with van der Waals surface area (Å²) < 4.78 is 1.68. The summed E-state index contributed by atoms with van der Waals surface area (Å²) in [5.74, 6) is 0. The van der Waals surface area contributed by atoms with Gasteiger partial charge in [0.1, 0.15) is 0 Å². The molecule has 2 N–H and O–H groups in total. The topological polar surface area (TPSA) is 56.7 Å². The molecule has 0 aliphatic heterocycles. The summed E-state index contributed by atoms with van der Waals surface area (Å²) in [6, 6.07) is -0.310. The van der Waals surface area contributed by atoms with Crippen molar-refractivity contribution < 1.29 is 0 Å². The van der Waals surface area contributed by atoms with Crippen LogP contribution in [-0.4, -0.2) is 14.8 Å². The zero-order valence-electron chi connectivity index (χ0n) is 8.44. The zero-order chi connectivity index (χ0) is 11.0. The Morgan fingerprint density at radius 2 is 2.33 bits per heavy atom. The molecule has 1 atom stereocenters. The van der Waals surface area contributed by atoms with E-state index in [0.717, 1.165) is 16.4 Å². The third kappa shape index (κ3) is 1.90. The van der Waals surface area contributed by atoms with Gasteiger partial charge in [-0.15, -0.1) is 11.3 Å². The number of thiazole rings is 1. The maximum atomic E-state index is 6.07. The Balaban J connectivity index is 2.40. The van der Waals surface area contributed by atoms with Gasteiger partial charge in [0, 0.05) is 12.4 Å². The monoisotopic (exact) mass is 242 g/mol. The lowest BCUT2D eigenvalue weighted by Crippen LogP contribution is -2.16. The third-order valence-corrected chi connectivity index (χ3v) is 3.27. The molecule has 6 heteroatoms. The van der Waals surface area contributed by atoms with E-state index >= 15 is 0 Å². The first-order valence-electron chi connectivity index (χ1n) is 4.44. The highest BCUT2D eigenvalue weighted by atomic mass is 35.5. The van der Waals surface area contributed by atoms with Crippen LogP contribution in [0.25, 0.3) is 0 Å². The van der Waals surface area contributed by atoms with Crippen molar-refractivity contribution in [3.63, 3.8) is 0 Å². The molecule has 1 unspecified atom stereocenters. The minimum Gasteiger partial charge on any atom is -0.318 e. The molecule has 0 saturated carbocycles. The van der Waals surface area contributed by atoms with E-state index in [0.29, 0.717) is 5.02 Å². The fourth-order valence-electron chi connectivity index (χ4n) is 1.43. The van der Waals surface area contributed by atoms with Crippen molar-refractivity contribution in [1.82, 2.24) is 14.8 Å². The standard InChI is InChI=1S/C9H11ClN4S/c1-5-13-7(4-15-5)8(11)9-6(10)3-12-14(9)2/h3-4,8H,11H2,1-2H3. The van der Waals surface area contributed by atoms with Crippen LogP contribution in [0.15, 0.2) is 11.6 Å². The molecule has 0 aliphatic carbocycles. The van der Waals surface area contributed by atoms with Gasteiger partial charge in [0.05, 0.1) is 33.7 Å². The molecule has 2 heterocycles. The van der Waals surface area contributed by atoms with Crippen molar-refractivity contribution in [2.75, 3.05) is 0 Å². The number of aromatic nitrogens is 3. The van der Waals surface area contributed by atoms with Crippen LogP contribution < -0.4 is 5.73 Å². The molecule has 2 aromatic heterocycles. The van der Waals surface area contributed by atoms with Crippen molar-refractivity contribution in [3.8, 4) is 0 Å². The quantitative estimate of drug-likeness (QED) is 0.875. The van der Waals surface area contributed by atoms with E-state index in [9.17, 15) is 0 Å². The maximum absolute atomic E-state index is 6.07. The van der Waals surface area contributed by atoms with Gasteiger partial charge in [0.2, 0.25) is 0 Å². The van der Waals surface area contributed by atoms with Crippen molar-refractivity contribution >= 4 is 22.9 Å². The SMILES string of the molecule is Cc1nc(C(N)c2c(Cl)cnn2C)cs1. The highest BCUT2D eigenvalue weighted by molar-refractivity contribution is 7.09. The highest BCUT2D eigenvalue weighted by Gasteiger charge is 2.18. The van der Waals surface area contributed by atoms with Crippen LogP contribution in [0.3, 0.4) is 0 Å². The third-order valence-electron chi connectivity index (χ3n) is 2.19. The van der Waals surface area contributed by atoms with Gasteiger partial charge >= 0.3 is 0 Å². The van der Waals surface area contributed by atoms with Crippen LogP contribution in [0.5, 0.6) is 0 Å². The van der Waals surface area contributed by atoms with Crippen molar-refractivity contribution in [1.29, 1.82) is 0 Å². The van der Waals surface area contributed by atoms with E-state index < -0.39 is 0 Å². The lowest BCUT2D eigenvalue weighted by Gasteiger charge is -2.09. The molecule has 0 amide bonds. The van der Waals surface area contributed by atoms with Crippen molar-refractivity contribution in [3.05, 3.63) is 33.0 Å². The predicted molar refractivity (Wildman–Crippen MR) is 61.1 cm³/mol. The van der Waals surface area contributed by atoms with Crippen LogP contribution >= 0.6 is 22.9 Å². The van der Waals surface area contributed by atoms with E-state index in [2.05, 4.69) is 10.1 Å². The zero-order valence-corrected chi connectivity index (χ0v) is 10.0. The van der Waals surface area contributed by atoms with Crippen LogP contribution in [0.1, 0.15) is 22.4 Å². The summed E-state index contributed by atoms with van der Waals surface area (Å²) in [6.07, 6.45) is 1.59. The number of hydrogen-bond acceptors (Lipinski definition) is 4. The second-order valence-corrected chi connectivity index (χ2v) is 4.74. The Labute approximate surface area is 96.7 Å². The lowest BCUT2D eigenvalue weighted by molar-refractivity contribution is 0.665. The molecule has 0 saturated heterocycles. The Morgan fingerprint density at radius 1 is 1.60 bits per heavy atom. The number of hydrogen-bond donors (Lipinski definition) is 1. The summed E-state index contributed by atoms with van der Waals surface area (Å²) >= 11 is 7.59. The first-order valence-corrected chi connectivity index (χ1v) is 5.70. The Kier molecular flexibility index (Phi) is 2.77.